The minimum Gasteiger partial charge on any atom is -0.467 e. The van der Waals surface area contributed by atoms with E-state index < -0.39 is 17.2 Å². The van der Waals surface area contributed by atoms with E-state index in [1.54, 1.807) is 6.92 Å². The maximum atomic E-state index is 12.1. The predicted octanol–water partition coefficient (Wildman–Crippen LogP) is 2.34. The lowest BCUT2D eigenvalue weighted by atomic mass is 9.89. The number of esters is 1. The van der Waals surface area contributed by atoms with Crippen LogP contribution in [-0.4, -0.2) is 41.8 Å². The van der Waals surface area contributed by atoms with Crippen molar-refractivity contribution >= 4 is 12.1 Å². The van der Waals surface area contributed by atoms with Crippen LogP contribution in [0.15, 0.2) is 0 Å². The maximum Gasteiger partial charge on any atom is 0.411 e. The van der Waals surface area contributed by atoms with Crippen LogP contribution < -0.4 is 0 Å². The number of hydrogen-bond donors (Lipinski definition) is 0. The van der Waals surface area contributed by atoms with Gasteiger partial charge in [0.15, 0.2) is 0 Å². The number of nitrogens with zero attached hydrogens (tertiary/aromatic N) is 1. The van der Waals surface area contributed by atoms with E-state index in [4.69, 9.17) is 9.47 Å². The van der Waals surface area contributed by atoms with Gasteiger partial charge in [-0.15, -0.1) is 0 Å². The first-order chi connectivity index (χ1) is 8.20. The number of piperidine rings is 1. The molecule has 1 fully saturated rings. The number of hydrogen-bond acceptors (Lipinski definition) is 4. The van der Waals surface area contributed by atoms with Gasteiger partial charge in [-0.05, 0) is 47.0 Å². The third-order valence-corrected chi connectivity index (χ3v) is 3.13. The van der Waals surface area contributed by atoms with Crippen LogP contribution in [0.1, 0.15) is 47.0 Å². The van der Waals surface area contributed by atoms with E-state index in [9.17, 15) is 9.59 Å². The summed E-state index contributed by atoms with van der Waals surface area (Å²) in [5.74, 6) is -0.381. The number of rotatable bonds is 1. The largest absolute Gasteiger partial charge is 0.467 e. The summed E-state index contributed by atoms with van der Waals surface area (Å²) in [5.41, 5.74) is -1.47. The molecule has 0 saturated carbocycles. The first-order valence-electron chi connectivity index (χ1n) is 6.30. The molecule has 0 radical (unpaired) electrons. The molecule has 1 aliphatic rings. The van der Waals surface area contributed by atoms with Crippen molar-refractivity contribution in [3.8, 4) is 0 Å². The molecule has 1 amide bonds. The fraction of sp³-hybridized carbons (Fsp3) is 0.846. The summed E-state index contributed by atoms with van der Waals surface area (Å²) in [4.78, 5) is 25.5. The Hall–Kier alpha value is -1.26. The van der Waals surface area contributed by atoms with Crippen molar-refractivity contribution in [3.05, 3.63) is 0 Å². The molecule has 0 aromatic rings. The Morgan fingerprint density at radius 1 is 1.22 bits per heavy atom. The Bertz CT molecular complexity index is 334. The molecule has 1 atom stereocenters. The molecule has 0 aromatic carbocycles. The van der Waals surface area contributed by atoms with Gasteiger partial charge < -0.3 is 9.47 Å². The molecule has 0 aromatic heterocycles. The number of carbonyl (C=O) groups excluding carboxylic acids is 2. The van der Waals surface area contributed by atoms with Crippen LogP contribution in [0.25, 0.3) is 0 Å². The zero-order chi connectivity index (χ0) is 14.0. The van der Waals surface area contributed by atoms with Crippen molar-refractivity contribution in [1.29, 1.82) is 0 Å². The minimum atomic E-state index is -0.907. The van der Waals surface area contributed by atoms with Crippen LogP contribution in [0.3, 0.4) is 0 Å². The molecule has 0 spiro atoms. The summed E-state index contributed by atoms with van der Waals surface area (Å²) in [6.45, 7) is 7.70. The molecule has 0 bridgehead atoms. The Morgan fingerprint density at radius 2 is 1.83 bits per heavy atom. The fourth-order valence-corrected chi connectivity index (χ4v) is 2.16. The smallest absolute Gasteiger partial charge is 0.411 e. The molecule has 1 heterocycles. The van der Waals surface area contributed by atoms with Crippen molar-refractivity contribution in [3.63, 3.8) is 0 Å². The van der Waals surface area contributed by atoms with Crippen molar-refractivity contribution in [2.24, 2.45) is 0 Å². The third kappa shape index (κ3) is 3.15. The lowest BCUT2D eigenvalue weighted by Crippen LogP contribution is -2.58. The van der Waals surface area contributed by atoms with Crippen molar-refractivity contribution < 1.29 is 19.1 Å². The predicted molar refractivity (Wildman–Crippen MR) is 67.2 cm³/mol. The molecule has 18 heavy (non-hydrogen) atoms. The number of methoxy groups -OCH3 is 1. The monoisotopic (exact) mass is 257 g/mol. The third-order valence-electron chi connectivity index (χ3n) is 3.13. The van der Waals surface area contributed by atoms with Gasteiger partial charge in [0.2, 0.25) is 0 Å². The van der Waals surface area contributed by atoms with Crippen molar-refractivity contribution in [2.45, 2.75) is 58.1 Å². The van der Waals surface area contributed by atoms with Crippen LogP contribution >= 0.6 is 0 Å². The SMILES string of the molecule is COC(=O)C1(C)CCCCN1C(=O)OC(C)(C)C. The molecule has 1 saturated heterocycles. The molecule has 0 N–H and O–H groups in total. The topological polar surface area (TPSA) is 55.8 Å². The van der Waals surface area contributed by atoms with Crippen LogP contribution in [-0.2, 0) is 14.3 Å². The van der Waals surface area contributed by atoms with Crippen molar-refractivity contribution in [2.75, 3.05) is 13.7 Å². The Kier molecular flexibility index (Phi) is 4.24. The van der Waals surface area contributed by atoms with Gasteiger partial charge in [0, 0.05) is 6.54 Å². The minimum absolute atomic E-state index is 0.381. The molecule has 0 aliphatic carbocycles. The highest BCUT2D eigenvalue weighted by Gasteiger charge is 2.46. The summed E-state index contributed by atoms with van der Waals surface area (Å²) in [6, 6.07) is 0. The summed E-state index contributed by atoms with van der Waals surface area (Å²) >= 11 is 0. The lowest BCUT2D eigenvalue weighted by molar-refractivity contribution is -0.156. The van der Waals surface area contributed by atoms with Gasteiger partial charge in [-0.25, -0.2) is 9.59 Å². The zero-order valence-corrected chi connectivity index (χ0v) is 11.9. The van der Waals surface area contributed by atoms with Gasteiger partial charge in [0.1, 0.15) is 11.1 Å². The van der Waals surface area contributed by atoms with Gasteiger partial charge in [-0.1, -0.05) is 0 Å². The number of amides is 1. The summed E-state index contributed by atoms with van der Waals surface area (Å²) < 4.78 is 10.2. The summed E-state index contributed by atoms with van der Waals surface area (Å²) in [6.07, 6.45) is 1.95. The van der Waals surface area contributed by atoms with E-state index in [0.717, 1.165) is 12.8 Å². The molecular weight excluding hydrogens is 234 g/mol. The van der Waals surface area contributed by atoms with Gasteiger partial charge in [0.05, 0.1) is 7.11 Å². The van der Waals surface area contributed by atoms with Crippen LogP contribution in [0.2, 0.25) is 0 Å². The number of carbonyl (C=O) groups is 2. The second kappa shape index (κ2) is 5.16. The van der Waals surface area contributed by atoms with E-state index in [0.29, 0.717) is 13.0 Å². The van der Waals surface area contributed by atoms with E-state index in [2.05, 4.69) is 0 Å². The van der Waals surface area contributed by atoms with Gasteiger partial charge in [0.25, 0.3) is 0 Å². The highest BCUT2D eigenvalue weighted by molar-refractivity contribution is 5.85. The van der Waals surface area contributed by atoms with Crippen LogP contribution in [0.5, 0.6) is 0 Å². The average Bonchev–Trinajstić information content (AvgIpc) is 2.26. The molecule has 104 valence electrons. The molecule has 1 unspecified atom stereocenters. The molecule has 5 heteroatoms. The lowest BCUT2D eigenvalue weighted by Gasteiger charge is -2.42. The first kappa shape index (κ1) is 14.8. The molecule has 5 nitrogen and oxygen atoms in total. The Balaban J connectivity index is 2.89. The van der Waals surface area contributed by atoms with Gasteiger partial charge in [-0.2, -0.15) is 0 Å². The second-order valence-electron chi connectivity index (χ2n) is 5.85. The van der Waals surface area contributed by atoms with E-state index >= 15 is 0 Å². The van der Waals surface area contributed by atoms with Crippen molar-refractivity contribution in [1.82, 2.24) is 4.90 Å². The average molecular weight is 257 g/mol. The van der Waals surface area contributed by atoms with Gasteiger partial charge >= 0.3 is 12.1 Å². The van der Waals surface area contributed by atoms with Crippen LogP contribution in [0.4, 0.5) is 4.79 Å². The highest BCUT2D eigenvalue weighted by atomic mass is 16.6. The molecule has 1 rings (SSSR count). The fourth-order valence-electron chi connectivity index (χ4n) is 2.16. The first-order valence-corrected chi connectivity index (χ1v) is 6.30. The van der Waals surface area contributed by atoms with E-state index in [1.165, 1.54) is 12.0 Å². The Labute approximate surface area is 108 Å². The number of likely N-dealkylation sites (tertiary alicyclic amines) is 1. The van der Waals surface area contributed by atoms with Crippen LogP contribution in [0, 0.1) is 0 Å². The molecular formula is C13H23NO4. The highest BCUT2D eigenvalue weighted by Crippen LogP contribution is 2.30. The maximum absolute atomic E-state index is 12.1. The quantitative estimate of drug-likeness (QED) is 0.677. The zero-order valence-electron chi connectivity index (χ0n) is 11.9. The normalized spacial score (nSPS) is 24.6. The Morgan fingerprint density at radius 3 is 2.33 bits per heavy atom. The molecule has 1 aliphatic heterocycles. The summed E-state index contributed by atoms with van der Waals surface area (Å²) in [7, 11) is 1.34. The van der Waals surface area contributed by atoms with E-state index in [-0.39, 0.29) is 5.97 Å². The standard InChI is InChI=1S/C13H23NO4/c1-12(2,3)18-11(16)14-9-7-6-8-13(14,4)10(15)17-5/h6-9H2,1-5H3. The second-order valence-corrected chi connectivity index (χ2v) is 5.85. The summed E-state index contributed by atoms with van der Waals surface area (Å²) in [5, 5.41) is 0. The van der Waals surface area contributed by atoms with E-state index in [1.807, 2.05) is 20.8 Å². The van der Waals surface area contributed by atoms with Gasteiger partial charge in [-0.3, -0.25) is 4.90 Å². The number of ether oxygens (including phenoxy) is 2.